The van der Waals surface area contributed by atoms with E-state index < -0.39 is 17.9 Å². The number of rotatable bonds is 5. The largest absolute Gasteiger partial charge is 0.391 e. The second-order valence-corrected chi connectivity index (χ2v) is 4.92. The average molecular weight is 299 g/mol. The molecule has 0 aliphatic carbocycles. The van der Waals surface area contributed by atoms with Crippen LogP contribution in [0.1, 0.15) is 25.3 Å². The summed E-state index contributed by atoms with van der Waals surface area (Å²) >= 11 is 6.02. The van der Waals surface area contributed by atoms with Crippen LogP contribution in [0.15, 0.2) is 18.2 Å². The third kappa shape index (κ3) is 4.83. The molecule has 1 rings (SSSR count). The highest BCUT2D eigenvalue weighted by Crippen LogP contribution is 2.24. The van der Waals surface area contributed by atoms with Crippen LogP contribution in [0.3, 0.4) is 0 Å². The summed E-state index contributed by atoms with van der Waals surface area (Å²) in [6.45, 7) is 3.79. The molecule has 1 unspecified atom stereocenters. The number of benzene rings is 1. The first-order valence-corrected chi connectivity index (χ1v) is 6.85. The van der Waals surface area contributed by atoms with E-state index in [-0.39, 0.29) is 6.54 Å². The summed E-state index contributed by atoms with van der Waals surface area (Å²) in [4.78, 5) is 23.3. The summed E-state index contributed by atoms with van der Waals surface area (Å²) in [5.74, 6) is -1.60. The van der Waals surface area contributed by atoms with E-state index in [4.69, 9.17) is 11.6 Å². The number of carbonyl (C=O) groups is 2. The molecule has 3 N–H and O–H groups in total. The molecular weight excluding hydrogens is 280 g/mol. The van der Waals surface area contributed by atoms with Gasteiger partial charge in [0.2, 0.25) is 0 Å². The van der Waals surface area contributed by atoms with Crippen LogP contribution in [0.2, 0.25) is 5.02 Å². The minimum absolute atomic E-state index is 0.0572. The molecule has 2 amide bonds. The van der Waals surface area contributed by atoms with Crippen LogP contribution in [0.4, 0.5) is 5.69 Å². The van der Waals surface area contributed by atoms with E-state index in [0.29, 0.717) is 17.1 Å². The Balaban J connectivity index is 2.54. The normalized spacial score (nSPS) is 11.8. The lowest BCUT2D eigenvalue weighted by Crippen LogP contribution is -2.39. The number of halogens is 1. The first-order chi connectivity index (χ1) is 9.45. The monoisotopic (exact) mass is 298 g/mol. The summed E-state index contributed by atoms with van der Waals surface area (Å²) in [6.07, 6.45) is 0.743. The predicted molar refractivity (Wildman–Crippen MR) is 78.7 cm³/mol. The number of nitrogens with one attached hydrogen (secondary N) is 2. The molecule has 1 aromatic carbocycles. The quantitative estimate of drug-likeness (QED) is 0.726. The highest BCUT2D eigenvalue weighted by Gasteiger charge is 2.16. The Kier molecular flexibility index (Phi) is 6.48. The fourth-order valence-corrected chi connectivity index (χ4v) is 1.82. The van der Waals surface area contributed by atoms with Gasteiger partial charge in [-0.3, -0.25) is 9.59 Å². The van der Waals surface area contributed by atoms with Crippen molar-refractivity contribution in [3.8, 4) is 0 Å². The van der Waals surface area contributed by atoms with E-state index in [1.54, 1.807) is 25.1 Å². The molecule has 1 aromatic rings. The summed E-state index contributed by atoms with van der Waals surface area (Å²) in [6, 6.07) is 5.16. The van der Waals surface area contributed by atoms with E-state index in [1.807, 2.05) is 6.92 Å². The van der Waals surface area contributed by atoms with Gasteiger partial charge < -0.3 is 15.7 Å². The molecule has 0 fully saturated rings. The number of anilines is 1. The van der Waals surface area contributed by atoms with Gasteiger partial charge in [-0.05, 0) is 25.0 Å². The molecule has 5 nitrogen and oxygen atoms in total. The molecule has 0 bridgehead atoms. The minimum Gasteiger partial charge on any atom is -0.391 e. The Morgan fingerprint density at radius 1 is 1.35 bits per heavy atom. The maximum Gasteiger partial charge on any atom is 0.313 e. The zero-order valence-electron chi connectivity index (χ0n) is 11.6. The zero-order valence-corrected chi connectivity index (χ0v) is 12.3. The lowest BCUT2D eigenvalue weighted by atomic mass is 10.2. The van der Waals surface area contributed by atoms with Crippen LogP contribution >= 0.6 is 11.6 Å². The molecule has 6 heteroatoms. The molecule has 0 saturated carbocycles. The van der Waals surface area contributed by atoms with Crippen molar-refractivity contribution in [2.24, 2.45) is 0 Å². The lowest BCUT2D eigenvalue weighted by molar-refractivity contribution is -0.136. The Morgan fingerprint density at radius 2 is 2.05 bits per heavy atom. The topological polar surface area (TPSA) is 78.4 Å². The Labute approximate surface area is 123 Å². The van der Waals surface area contributed by atoms with Gasteiger partial charge >= 0.3 is 11.8 Å². The SMILES string of the molecule is CCCC(O)CNC(=O)C(=O)Nc1cccc(C)c1Cl. The summed E-state index contributed by atoms with van der Waals surface area (Å²) in [5, 5.41) is 14.7. The van der Waals surface area contributed by atoms with E-state index in [1.165, 1.54) is 0 Å². The fourth-order valence-electron chi connectivity index (χ4n) is 1.65. The number of hydrogen-bond donors (Lipinski definition) is 3. The van der Waals surface area contributed by atoms with Crippen molar-refractivity contribution in [3.05, 3.63) is 28.8 Å². The third-order valence-electron chi connectivity index (χ3n) is 2.77. The lowest BCUT2D eigenvalue weighted by Gasteiger charge is -2.11. The molecule has 0 aliphatic heterocycles. The van der Waals surface area contributed by atoms with Crippen LogP contribution in [0.25, 0.3) is 0 Å². The van der Waals surface area contributed by atoms with Crippen molar-refractivity contribution in [2.75, 3.05) is 11.9 Å². The number of aryl methyl sites for hydroxylation is 1. The molecule has 0 spiro atoms. The summed E-state index contributed by atoms with van der Waals surface area (Å²) < 4.78 is 0. The van der Waals surface area contributed by atoms with Gasteiger partial charge in [0.25, 0.3) is 0 Å². The molecular formula is C14H19ClN2O3. The number of aliphatic hydroxyl groups excluding tert-OH is 1. The van der Waals surface area contributed by atoms with Crippen LogP contribution in [-0.4, -0.2) is 29.6 Å². The maximum atomic E-state index is 11.7. The molecule has 110 valence electrons. The molecule has 0 aromatic heterocycles. The molecule has 0 aliphatic rings. The zero-order chi connectivity index (χ0) is 15.1. The van der Waals surface area contributed by atoms with Crippen molar-refractivity contribution < 1.29 is 14.7 Å². The van der Waals surface area contributed by atoms with Crippen molar-refractivity contribution in [1.29, 1.82) is 0 Å². The van der Waals surface area contributed by atoms with Gasteiger partial charge in [0.05, 0.1) is 16.8 Å². The van der Waals surface area contributed by atoms with Gasteiger partial charge in [0.15, 0.2) is 0 Å². The smallest absolute Gasteiger partial charge is 0.313 e. The minimum atomic E-state index is -0.804. The van der Waals surface area contributed by atoms with Gasteiger partial charge in [0, 0.05) is 6.54 Å². The molecule has 0 heterocycles. The van der Waals surface area contributed by atoms with Gasteiger partial charge in [-0.1, -0.05) is 37.1 Å². The first kappa shape index (κ1) is 16.5. The van der Waals surface area contributed by atoms with Crippen LogP contribution in [-0.2, 0) is 9.59 Å². The van der Waals surface area contributed by atoms with Gasteiger partial charge in [-0.2, -0.15) is 0 Å². The number of aliphatic hydroxyl groups is 1. The second-order valence-electron chi connectivity index (χ2n) is 4.54. The summed E-state index contributed by atoms with van der Waals surface area (Å²) in [7, 11) is 0. The van der Waals surface area contributed by atoms with E-state index in [9.17, 15) is 14.7 Å². The van der Waals surface area contributed by atoms with Gasteiger partial charge in [0.1, 0.15) is 0 Å². The van der Waals surface area contributed by atoms with Gasteiger partial charge in [-0.25, -0.2) is 0 Å². The van der Waals surface area contributed by atoms with Crippen molar-refractivity contribution >= 4 is 29.1 Å². The molecule has 1 atom stereocenters. The Bertz CT molecular complexity index is 491. The maximum absolute atomic E-state index is 11.7. The summed E-state index contributed by atoms with van der Waals surface area (Å²) in [5.41, 5.74) is 1.20. The van der Waals surface area contributed by atoms with Crippen LogP contribution < -0.4 is 10.6 Å². The third-order valence-corrected chi connectivity index (χ3v) is 3.27. The van der Waals surface area contributed by atoms with E-state index in [0.717, 1.165) is 12.0 Å². The highest BCUT2D eigenvalue weighted by atomic mass is 35.5. The second kappa shape index (κ2) is 7.87. The Morgan fingerprint density at radius 3 is 2.70 bits per heavy atom. The van der Waals surface area contributed by atoms with E-state index >= 15 is 0 Å². The standard InChI is InChI=1S/C14H19ClN2O3/c1-3-5-10(18)8-16-13(19)14(20)17-11-7-4-6-9(2)12(11)15/h4,6-7,10,18H,3,5,8H2,1-2H3,(H,16,19)(H,17,20). The number of amides is 2. The predicted octanol–water partition coefficient (Wildman–Crippen LogP) is 1.86. The van der Waals surface area contributed by atoms with Gasteiger partial charge in [-0.15, -0.1) is 0 Å². The van der Waals surface area contributed by atoms with Crippen LogP contribution in [0, 0.1) is 6.92 Å². The number of carbonyl (C=O) groups excluding carboxylic acids is 2. The van der Waals surface area contributed by atoms with Crippen LogP contribution in [0.5, 0.6) is 0 Å². The first-order valence-electron chi connectivity index (χ1n) is 6.48. The van der Waals surface area contributed by atoms with E-state index in [2.05, 4.69) is 10.6 Å². The van der Waals surface area contributed by atoms with Crippen molar-refractivity contribution in [2.45, 2.75) is 32.8 Å². The Hall–Kier alpha value is -1.59. The number of hydrogen-bond acceptors (Lipinski definition) is 3. The average Bonchev–Trinajstić information content (AvgIpc) is 2.41. The highest BCUT2D eigenvalue weighted by molar-refractivity contribution is 6.41. The molecule has 20 heavy (non-hydrogen) atoms. The molecule has 0 saturated heterocycles. The fraction of sp³-hybridized carbons (Fsp3) is 0.429. The van der Waals surface area contributed by atoms with Crippen molar-refractivity contribution in [3.63, 3.8) is 0 Å². The van der Waals surface area contributed by atoms with Crippen molar-refractivity contribution in [1.82, 2.24) is 5.32 Å². The molecule has 0 radical (unpaired) electrons.